The topological polar surface area (TPSA) is 78.9 Å². The lowest BCUT2D eigenvalue weighted by Crippen LogP contribution is -1.99. The maximum absolute atomic E-state index is 5.87. The Kier molecular flexibility index (Phi) is 3.62. The van der Waals surface area contributed by atoms with Crippen molar-refractivity contribution in [2.45, 2.75) is 6.54 Å². The number of fused-ring (bicyclic) bond motifs is 1. The molecule has 7 heteroatoms. The van der Waals surface area contributed by atoms with Crippen LogP contribution in [0.5, 0.6) is 5.88 Å². The lowest BCUT2D eigenvalue weighted by Gasteiger charge is -2.03. The molecule has 24 heavy (non-hydrogen) atoms. The van der Waals surface area contributed by atoms with Crippen molar-refractivity contribution in [3.63, 3.8) is 0 Å². The standard InChI is InChI=1S/C17H15N5OS/c1-23-16-14-15(24-17(18)21-14)13(8-19-16)12-7-20-22(10-12)9-11-5-3-2-4-6-11/h2-8,10H,9H2,1H3,(H2,18,21). The number of nitrogens with two attached hydrogens (primary N) is 1. The number of rotatable bonds is 4. The lowest BCUT2D eigenvalue weighted by atomic mass is 10.1. The van der Waals surface area contributed by atoms with E-state index in [-0.39, 0.29) is 0 Å². The van der Waals surface area contributed by atoms with E-state index in [1.54, 1.807) is 13.3 Å². The predicted molar refractivity (Wildman–Crippen MR) is 95.1 cm³/mol. The summed E-state index contributed by atoms with van der Waals surface area (Å²) in [6.07, 6.45) is 5.62. The number of ether oxygens (including phenoxy) is 1. The summed E-state index contributed by atoms with van der Waals surface area (Å²) in [5.74, 6) is 0.485. The van der Waals surface area contributed by atoms with Gasteiger partial charge in [0.1, 0.15) is 5.52 Å². The number of nitrogens with zero attached hydrogens (tertiary/aromatic N) is 4. The van der Waals surface area contributed by atoms with Crippen molar-refractivity contribution in [2.75, 3.05) is 12.8 Å². The van der Waals surface area contributed by atoms with Crippen LogP contribution >= 0.6 is 11.3 Å². The summed E-state index contributed by atoms with van der Waals surface area (Å²) in [4.78, 5) is 8.66. The SMILES string of the molecule is COc1ncc(-c2cnn(Cc3ccccc3)c2)c2sc(N)nc12. The van der Waals surface area contributed by atoms with Crippen molar-refractivity contribution in [3.05, 3.63) is 54.5 Å². The number of hydrogen-bond donors (Lipinski definition) is 1. The number of thiazole rings is 1. The van der Waals surface area contributed by atoms with Gasteiger partial charge < -0.3 is 10.5 Å². The smallest absolute Gasteiger partial charge is 0.241 e. The summed E-state index contributed by atoms with van der Waals surface area (Å²) >= 11 is 1.43. The zero-order chi connectivity index (χ0) is 16.5. The molecule has 0 aliphatic carbocycles. The summed E-state index contributed by atoms with van der Waals surface area (Å²) in [5, 5.41) is 4.95. The first-order valence-corrected chi connectivity index (χ1v) is 8.22. The van der Waals surface area contributed by atoms with Gasteiger partial charge >= 0.3 is 0 Å². The molecule has 0 atom stereocenters. The first kappa shape index (κ1) is 14.6. The van der Waals surface area contributed by atoms with Crippen LogP contribution in [-0.2, 0) is 6.54 Å². The van der Waals surface area contributed by atoms with Crippen molar-refractivity contribution in [3.8, 4) is 17.0 Å². The maximum Gasteiger partial charge on any atom is 0.241 e. The Bertz CT molecular complexity index is 993. The molecule has 0 amide bonds. The summed E-state index contributed by atoms with van der Waals surface area (Å²) in [6, 6.07) is 10.2. The highest BCUT2D eigenvalue weighted by molar-refractivity contribution is 7.22. The Morgan fingerprint density at radius 3 is 2.83 bits per heavy atom. The second-order valence-corrected chi connectivity index (χ2v) is 6.35. The molecular formula is C17H15N5OS. The molecule has 3 aromatic heterocycles. The number of aromatic nitrogens is 4. The minimum absolute atomic E-state index is 0.485. The Hall–Kier alpha value is -2.93. The molecule has 0 unspecified atom stereocenters. The molecule has 0 aliphatic heterocycles. The van der Waals surface area contributed by atoms with Gasteiger partial charge in [0.2, 0.25) is 5.88 Å². The minimum atomic E-state index is 0.485. The first-order valence-electron chi connectivity index (χ1n) is 7.40. The molecule has 0 fully saturated rings. The lowest BCUT2D eigenvalue weighted by molar-refractivity contribution is 0.402. The molecule has 0 saturated heterocycles. The van der Waals surface area contributed by atoms with E-state index in [1.807, 2.05) is 35.3 Å². The fourth-order valence-electron chi connectivity index (χ4n) is 2.62. The average molecular weight is 337 g/mol. The molecule has 3 heterocycles. The van der Waals surface area contributed by atoms with Crippen molar-refractivity contribution < 1.29 is 4.74 Å². The van der Waals surface area contributed by atoms with Gasteiger partial charge in [-0.15, -0.1) is 0 Å². The van der Waals surface area contributed by atoms with E-state index in [4.69, 9.17) is 10.5 Å². The predicted octanol–water partition coefficient (Wildman–Crippen LogP) is 3.19. The van der Waals surface area contributed by atoms with E-state index in [0.29, 0.717) is 16.5 Å². The van der Waals surface area contributed by atoms with Crippen LogP contribution in [0.25, 0.3) is 21.3 Å². The van der Waals surface area contributed by atoms with Crippen LogP contribution in [0, 0.1) is 0 Å². The first-order chi connectivity index (χ1) is 11.7. The molecule has 4 aromatic rings. The molecule has 0 bridgehead atoms. The highest BCUT2D eigenvalue weighted by atomic mass is 32.1. The second kappa shape index (κ2) is 5.93. The molecule has 4 rings (SSSR count). The van der Waals surface area contributed by atoms with E-state index >= 15 is 0 Å². The van der Waals surface area contributed by atoms with Crippen molar-refractivity contribution in [2.24, 2.45) is 0 Å². The normalized spacial score (nSPS) is 11.0. The molecule has 0 radical (unpaired) electrons. The van der Waals surface area contributed by atoms with Crippen molar-refractivity contribution >= 4 is 26.7 Å². The molecule has 2 N–H and O–H groups in total. The summed E-state index contributed by atoms with van der Waals surface area (Å²) in [7, 11) is 1.58. The van der Waals surface area contributed by atoms with Gasteiger partial charge in [-0.2, -0.15) is 5.10 Å². The summed E-state index contributed by atoms with van der Waals surface area (Å²) in [6.45, 7) is 0.721. The fraction of sp³-hybridized carbons (Fsp3) is 0.118. The molecular weight excluding hydrogens is 322 g/mol. The molecule has 0 aliphatic rings. The minimum Gasteiger partial charge on any atom is -0.479 e. The highest BCUT2D eigenvalue weighted by Crippen LogP contribution is 2.37. The van der Waals surface area contributed by atoms with Gasteiger partial charge in [0.15, 0.2) is 5.13 Å². The number of nitrogen functional groups attached to an aromatic ring is 1. The van der Waals surface area contributed by atoms with E-state index < -0.39 is 0 Å². The molecule has 0 spiro atoms. The Balaban J connectivity index is 1.73. The van der Waals surface area contributed by atoms with Crippen molar-refractivity contribution in [1.82, 2.24) is 19.7 Å². The Morgan fingerprint density at radius 1 is 1.21 bits per heavy atom. The van der Waals surface area contributed by atoms with Crippen LogP contribution in [-0.4, -0.2) is 26.9 Å². The van der Waals surface area contributed by atoms with Gasteiger partial charge in [0.05, 0.1) is 24.6 Å². The number of pyridine rings is 1. The van der Waals surface area contributed by atoms with Gasteiger partial charge in [0.25, 0.3) is 0 Å². The largest absolute Gasteiger partial charge is 0.479 e. The van der Waals surface area contributed by atoms with Crippen LogP contribution in [0.4, 0.5) is 5.13 Å². The van der Waals surface area contributed by atoms with Gasteiger partial charge in [-0.1, -0.05) is 41.7 Å². The van der Waals surface area contributed by atoms with E-state index in [2.05, 4.69) is 27.2 Å². The fourth-order valence-corrected chi connectivity index (χ4v) is 3.48. The third-order valence-corrected chi connectivity index (χ3v) is 4.64. The van der Waals surface area contributed by atoms with E-state index in [9.17, 15) is 0 Å². The van der Waals surface area contributed by atoms with Gasteiger partial charge in [-0.25, -0.2) is 9.97 Å². The van der Waals surface area contributed by atoms with Gasteiger partial charge in [-0.3, -0.25) is 4.68 Å². The Morgan fingerprint density at radius 2 is 2.04 bits per heavy atom. The Labute approximate surface area is 142 Å². The second-order valence-electron chi connectivity index (χ2n) is 5.32. The van der Waals surface area contributed by atoms with Crippen molar-refractivity contribution in [1.29, 1.82) is 0 Å². The quantitative estimate of drug-likeness (QED) is 0.619. The molecule has 6 nitrogen and oxygen atoms in total. The molecule has 120 valence electrons. The monoisotopic (exact) mass is 337 g/mol. The summed E-state index contributed by atoms with van der Waals surface area (Å²) in [5.41, 5.74) is 9.70. The third kappa shape index (κ3) is 2.59. The van der Waals surface area contributed by atoms with Crippen LogP contribution in [0.15, 0.2) is 48.9 Å². The van der Waals surface area contributed by atoms with Gasteiger partial charge in [0, 0.05) is 23.5 Å². The summed E-state index contributed by atoms with van der Waals surface area (Å²) < 4.78 is 8.14. The maximum atomic E-state index is 5.87. The highest BCUT2D eigenvalue weighted by Gasteiger charge is 2.15. The zero-order valence-electron chi connectivity index (χ0n) is 13.0. The van der Waals surface area contributed by atoms with E-state index in [1.165, 1.54) is 16.9 Å². The van der Waals surface area contributed by atoms with Crippen LogP contribution in [0.3, 0.4) is 0 Å². The number of methoxy groups -OCH3 is 1. The van der Waals surface area contributed by atoms with Crippen LogP contribution < -0.4 is 10.5 Å². The molecule has 0 saturated carbocycles. The zero-order valence-corrected chi connectivity index (χ0v) is 13.8. The number of hydrogen-bond acceptors (Lipinski definition) is 6. The number of anilines is 1. The van der Waals surface area contributed by atoms with Crippen LogP contribution in [0.1, 0.15) is 5.56 Å². The van der Waals surface area contributed by atoms with Gasteiger partial charge in [-0.05, 0) is 5.56 Å². The van der Waals surface area contributed by atoms with E-state index in [0.717, 1.165) is 22.4 Å². The average Bonchev–Trinajstić information content (AvgIpc) is 3.21. The third-order valence-electron chi connectivity index (χ3n) is 3.73. The van der Waals surface area contributed by atoms with Crippen LogP contribution in [0.2, 0.25) is 0 Å². The number of benzene rings is 1. The molecule has 1 aromatic carbocycles.